The Morgan fingerprint density at radius 3 is 2.48 bits per heavy atom. The van der Waals surface area contributed by atoms with Crippen LogP contribution in [0.5, 0.6) is 0 Å². The van der Waals surface area contributed by atoms with Gasteiger partial charge >= 0.3 is 0 Å². The Bertz CT molecular complexity index is 549. The smallest absolute Gasteiger partial charge is 0.240 e. The Morgan fingerprint density at radius 2 is 1.95 bits per heavy atom. The molecule has 0 aromatic heterocycles. The first-order valence-electron chi connectivity index (χ1n) is 6.32. The van der Waals surface area contributed by atoms with Crippen LogP contribution in [0.2, 0.25) is 0 Å². The van der Waals surface area contributed by atoms with Gasteiger partial charge in [-0.3, -0.25) is 4.79 Å². The van der Waals surface area contributed by atoms with E-state index in [9.17, 15) is 17.6 Å². The monoisotopic (exact) mass is 318 g/mol. The average molecular weight is 318 g/mol. The number of amides is 1. The van der Waals surface area contributed by atoms with E-state index >= 15 is 0 Å². The van der Waals surface area contributed by atoms with Crippen LogP contribution in [0.3, 0.4) is 0 Å². The quantitative estimate of drug-likeness (QED) is 0.733. The van der Waals surface area contributed by atoms with Gasteiger partial charge in [0.25, 0.3) is 0 Å². The first-order chi connectivity index (χ1) is 9.78. The van der Waals surface area contributed by atoms with Gasteiger partial charge in [0.05, 0.1) is 12.9 Å². The summed E-state index contributed by atoms with van der Waals surface area (Å²) >= 11 is 0. The highest BCUT2D eigenvalue weighted by atomic mass is 32.2. The van der Waals surface area contributed by atoms with Gasteiger partial charge < -0.3 is 10.1 Å². The first-order valence-corrected chi connectivity index (χ1v) is 8.21. The van der Waals surface area contributed by atoms with Crippen LogP contribution in [-0.2, 0) is 26.1 Å². The molecule has 2 N–H and O–H groups in total. The molecule has 0 saturated carbocycles. The Kier molecular flexibility index (Phi) is 6.73. The van der Waals surface area contributed by atoms with E-state index < -0.39 is 28.3 Å². The molecular weight excluding hydrogens is 299 g/mol. The van der Waals surface area contributed by atoms with Gasteiger partial charge in [-0.05, 0) is 12.5 Å². The zero-order valence-corrected chi connectivity index (χ0v) is 12.7. The molecule has 0 aliphatic carbocycles. The molecule has 0 saturated heterocycles. The van der Waals surface area contributed by atoms with Crippen molar-refractivity contribution in [3.63, 3.8) is 0 Å². The molecule has 0 aliphatic heterocycles. The predicted octanol–water partition coefficient (Wildman–Crippen LogP) is 0.553. The van der Waals surface area contributed by atoms with E-state index in [1.54, 1.807) is 0 Å². The van der Waals surface area contributed by atoms with Crippen molar-refractivity contribution in [3.8, 4) is 0 Å². The summed E-state index contributed by atoms with van der Waals surface area (Å²) in [6, 6.07) is 7.94. The first kappa shape index (κ1) is 17.5. The second kappa shape index (κ2) is 8.06. The summed E-state index contributed by atoms with van der Waals surface area (Å²) in [5.41, 5.74) is 0.865. The molecule has 118 valence electrons. The van der Waals surface area contributed by atoms with E-state index in [1.807, 2.05) is 30.3 Å². The molecule has 2 atom stereocenters. The number of ether oxygens (including phenoxy) is 1. The van der Waals surface area contributed by atoms with E-state index in [-0.39, 0.29) is 13.2 Å². The van der Waals surface area contributed by atoms with Crippen LogP contribution < -0.4 is 10.0 Å². The molecule has 6 nitrogen and oxygen atoms in total. The predicted molar refractivity (Wildman–Crippen MR) is 76.6 cm³/mol. The Morgan fingerprint density at radius 1 is 1.33 bits per heavy atom. The van der Waals surface area contributed by atoms with Crippen LogP contribution in [-0.4, -0.2) is 39.6 Å². The second-order valence-electron chi connectivity index (χ2n) is 4.52. The van der Waals surface area contributed by atoms with E-state index in [0.717, 1.165) is 18.7 Å². The molecular formula is C13H19FN2O4S. The highest BCUT2D eigenvalue weighted by Crippen LogP contribution is 2.00. The van der Waals surface area contributed by atoms with Gasteiger partial charge in [0.15, 0.2) is 6.36 Å². The number of halogens is 1. The maximum absolute atomic E-state index is 12.7. The molecule has 8 heteroatoms. The molecule has 0 aliphatic rings. The number of benzene rings is 1. The minimum atomic E-state index is -3.61. The lowest BCUT2D eigenvalue weighted by Gasteiger charge is -2.18. The second-order valence-corrected chi connectivity index (χ2v) is 6.30. The van der Waals surface area contributed by atoms with Crippen LogP contribution in [0.1, 0.15) is 12.5 Å². The standard InChI is InChI=1S/C13H19FN2O4S/c1-10(14)20-9-12(16-21(2,18)19)13(17)15-8-11-6-4-3-5-7-11/h3-7,10,12,16H,8-9H2,1-2H3,(H,15,17)/t10?,12-/m1/s1. The number of rotatable bonds is 8. The molecule has 0 fully saturated rings. The van der Waals surface area contributed by atoms with E-state index in [2.05, 4.69) is 14.8 Å². The SMILES string of the molecule is CC(F)OC[C@@H](NS(C)(=O)=O)C(=O)NCc1ccccc1. The molecule has 21 heavy (non-hydrogen) atoms. The minimum absolute atomic E-state index is 0.243. The fraction of sp³-hybridized carbons (Fsp3) is 0.462. The largest absolute Gasteiger partial charge is 0.351 e. The topological polar surface area (TPSA) is 84.5 Å². The van der Waals surface area contributed by atoms with Gasteiger partial charge in [-0.1, -0.05) is 30.3 Å². The summed E-state index contributed by atoms with van der Waals surface area (Å²) in [6.45, 7) is 1.01. The van der Waals surface area contributed by atoms with E-state index in [0.29, 0.717) is 0 Å². The van der Waals surface area contributed by atoms with Crippen molar-refractivity contribution in [2.24, 2.45) is 0 Å². The number of hydrogen-bond donors (Lipinski definition) is 2. The summed E-state index contributed by atoms with van der Waals surface area (Å²) in [5.74, 6) is -0.579. The summed E-state index contributed by atoms with van der Waals surface area (Å²) in [7, 11) is -3.61. The zero-order chi connectivity index (χ0) is 15.9. The van der Waals surface area contributed by atoms with Gasteiger partial charge in [-0.15, -0.1) is 0 Å². The van der Waals surface area contributed by atoms with Gasteiger partial charge in [0, 0.05) is 6.54 Å². The highest BCUT2D eigenvalue weighted by Gasteiger charge is 2.23. The van der Waals surface area contributed by atoms with E-state index in [1.165, 1.54) is 0 Å². The highest BCUT2D eigenvalue weighted by molar-refractivity contribution is 7.88. The van der Waals surface area contributed by atoms with E-state index in [4.69, 9.17) is 0 Å². The van der Waals surface area contributed by atoms with Crippen molar-refractivity contribution in [3.05, 3.63) is 35.9 Å². The van der Waals surface area contributed by atoms with Gasteiger partial charge in [-0.25, -0.2) is 17.5 Å². The fourth-order valence-corrected chi connectivity index (χ4v) is 2.25. The van der Waals surface area contributed by atoms with Crippen LogP contribution in [0.4, 0.5) is 4.39 Å². The molecule has 1 aromatic carbocycles. The number of carbonyl (C=O) groups excluding carboxylic acids is 1. The molecule has 1 unspecified atom stereocenters. The summed E-state index contributed by atoms with van der Waals surface area (Å²) in [6.07, 6.45) is -0.667. The molecule has 0 bridgehead atoms. The third-order valence-electron chi connectivity index (χ3n) is 2.47. The number of sulfonamides is 1. The van der Waals surface area contributed by atoms with Crippen molar-refractivity contribution in [1.29, 1.82) is 0 Å². The maximum Gasteiger partial charge on any atom is 0.240 e. The molecule has 0 radical (unpaired) electrons. The van der Waals surface area contributed by atoms with Gasteiger partial charge in [0.2, 0.25) is 15.9 Å². The third-order valence-corrected chi connectivity index (χ3v) is 3.19. The van der Waals surface area contributed by atoms with Crippen LogP contribution in [0, 0.1) is 0 Å². The Balaban J connectivity index is 2.61. The molecule has 0 heterocycles. The number of hydrogen-bond acceptors (Lipinski definition) is 4. The normalized spacial score (nSPS) is 14.4. The number of alkyl halides is 1. The molecule has 1 rings (SSSR count). The Labute approximate surface area is 123 Å². The van der Waals surface area contributed by atoms with Gasteiger partial charge in [0.1, 0.15) is 6.04 Å². The van der Waals surface area contributed by atoms with Crippen molar-refractivity contribution >= 4 is 15.9 Å². The van der Waals surface area contributed by atoms with Crippen molar-refractivity contribution in [2.75, 3.05) is 12.9 Å². The molecule has 1 amide bonds. The van der Waals surface area contributed by atoms with Crippen molar-refractivity contribution in [1.82, 2.24) is 10.0 Å². The van der Waals surface area contributed by atoms with Crippen LogP contribution >= 0.6 is 0 Å². The zero-order valence-electron chi connectivity index (χ0n) is 11.9. The molecule has 0 spiro atoms. The molecule has 1 aromatic rings. The fourth-order valence-electron chi connectivity index (χ4n) is 1.56. The third kappa shape index (κ3) is 7.74. The van der Waals surface area contributed by atoms with Crippen molar-refractivity contribution < 1.29 is 22.3 Å². The van der Waals surface area contributed by atoms with Crippen LogP contribution in [0.25, 0.3) is 0 Å². The Hall–Kier alpha value is -1.51. The minimum Gasteiger partial charge on any atom is -0.351 e. The summed E-state index contributed by atoms with van der Waals surface area (Å²) < 4.78 is 41.9. The lowest BCUT2D eigenvalue weighted by molar-refractivity contribution is -0.126. The lowest BCUT2D eigenvalue weighted by Crippen LogP contribution is -2.49. The lowest BCUT2D eigenvalue weighted by atomic mass is 10.2. The summed E-state index contributed by atoms with van der Waals surface area (Å²) in [4.78, 5) is 12.0. The van der Waals surface area contributed by atoms with Crippen molar-refractivity contribution in [2.45, 2.75) is 25.9 Å². The number of carbonyl (C=O) groups is 1. The average Bonchev–Trinajstić information content (AvgIpc) is 2.40. The number of nitrogens with one attached hydrogen (secondary N) is 2. The van der Waals surface area contributed by atoms with Gasteiger partial charge in [-0.2, -0.15) is 0 Å². The van der Waals surface area contributed by atoms with Crippen LogP contribution in [0.15, 0.2) is 30.3 Å². The summed E-state index contributed by atoms with van der Waals surface area (Å²) in [5, 5.41) is 2.58. The maximum atomic E-state index is 12.7.